The number of aldehydes is 1. The van der Waals surface area contributed by atoms with E-state index in [9.17, 15) is 9.18 Å². The normalized spacial score (nSPS) is 21.2. The lowest BCUT2D eigenvalue weighted by Crippen LogP contribution is -2.21. The minimum atomic E-state index is -0.755. The predicted octanol–water partition coefficient (Wildman–Crippen LogP) is 2.05. The summed E-state index contributed by atoms with van der Waals surface area (Å²) in [5.74, 6) is 0. The molecule has 3 heteroatoms. The summed E-state index contributed by atoms with van der Waals surface area (Å²) >= 11 is 0. The summed E-state index contributed by atoms with van der Waals surface area (Å²) in [4.78, 5) is 12.7. The molecule has 74 valence electrons. The lowest BCUT2D eigenvalue weighted by molar-refractivity contribution is 0.112. The molecule has 1 unspecified atom stereocenters. The molecule has 1 saturated heterocycles. The van der Waals surface area contributed by atoms with Crippen LogP contribution in [0.5, 0.6) is 0 Å². The Morgan fingerprint density at radius 1 is 1.43 bits per heavy atom. The van der Waals surface area contributed by atoms with Gasteiger partial charge in [0.05, 0.1) is 0 Å². The number of nitrogens with zero attached hydrogens (tertiary/aromatic N) is 1. The standard InChI is InChI=1S/C11H12FNO/c12-10-5-6-13(7-10)11-4-2-1-3-9(11)8-14/h1-4,8,10H,5-7H2. The van der Waals surface area contributed by atoms with Crippen molar-refractivity contribution in [3.8, 4) is 0 Å². The molecule has 0 amide bonds. The average Bonchev–Trinajstić information content (AvgIpc) is 2.65. The van der Waals surface area contributed by atoms with Crippen LogP contribution >= 0.6 is 0 Å². The maximum atomic E-state index is 13.0. The second-order valence-electron chi connectivity index (χ2n) is 3.51. The van der Waals surface area contributed by atoms with Crippen LogP contribution in [-0.2, 0) is 0 Å². The van der Waals surface area contributed by atoms with E-state index >= 15 is 0 Å². The van der Waals surface area contributed by atoms with Crippen LogP contribution in [0.3, 0.4) is 0 Å². The second-order valence-corrected chi connectivity index (χ2v) is 3.51. The van der Waals surface area contributed by atoms with Gasteiger partial charge in [-0.3, -0.25) is 4.79 Å². The Morgan fingerprint density at radius 3 is 2.86 bits per heavy atom. The van der Waals surface area contributed by atoms with Gasteiger partial charge in [0.15, 0.2) is 6.29 Å². The largest absolute Gasteiger partial charge is 0.368 e. The van der Waals surface area contributed by atoms with E-state index in [1.54, 1.807) is 6.07 Å². The Bertz CT molecular complexity index is 340. The zero-order valence-electron chi connectivity index (χ0n) is 7.82. The van der Waals surface area contributed by atoms with Gasteiger partial charge in [-0.25, -0.2) is 4.39 Å². The molecule has 1 aromatic carbocycles. The molecule has 0 radical (unpaired) electrons. The van der Waals surface area contributed by atoms with Gasteiger partial charge >= 0.3 is 0 Å². The van der Waals surface area contributed by atoms with Crippen molar-refractivity contribution >= 4 is 12.0 Å². The first kappa shape index (κ1) is 9.19. The molecular weight excluding hydrogens is 181 g/mol. The van der Waals surface area contributed by atoms with Crippen LogP contribution in [0.1, 0.15) is 16.8 Å². The van der Waals surface area contributed by atoms with Gasteiger partial charge in [0, 0.05) is 24.3 Å². The molecule has 14 heavy (non-hydrogen) atoms. The van der Waals surface area contributed by atoms with Crippen LogP contribution in [-0.4, -0.2) is 25.5 Å². The second kappa shape index (κ2) is 3.78. The molecule has 0 aliphatic carbocycles. The first-order chi connectivity index (χ1) is 6.81. The maximum absolute atomic E-state index is 13.0. The molecule has 2 nitrogen and oxygen atoms in total. The minimum absolute atomic E-state index is 0.408. The molecule has 1 aliphatic rings. The van der Waals surface area contributed by atoms with E-state index in [4.69, 9.17) is 0 Å². The molecule has 1 aliphatic heterocycles. The van der Waals surface area contributed by atoms with Gasteiger partial charge in [0.1, 0.15) is 6.17 Å². The number of benzene rings is 1. The molecule has 1 atom stereocenters. The van der Waals surface area contributed by atoms with Crippen LogP contribution in [0.4, 0.5) is 10.1 Å². The van der Waals surface area contributed by atoms with Crippen LogP contribution in [0, 0.1) is 0 Å². The van der Waals surface area contributed by atoms with Crippen molar-refractivity contribution in [2.75, 3.05) is 18.0 Å². The first-order valence-corrected chi connectivity index (χ1v) is 4.74. The maximum Gasteiger partial charge on any atom is 0.152 e. The van der Waals surface area contributed by atoms with E-state index in [0.29, 0.717) is 25.1 Å². The van der Waals surface area contributed by atoms with Crippen molar-refractivity contribution in [1.82, 2.24) is 0 Å². The molecule has 1 aromatic rings. The number of hydrogen-bond acceptors (Lipinski definition) is 2. The third kappa shape index (κ3) is 1.62. The molecule has 1 heterocycles. The lowest BCUT2D eigenvalue weighted by Gasteiger charge is -2.18. The molecule has 2 rings (SSSR count). The van der Waals surface area contributed by atoms with E-state index in [2.05, 4.69) is 0 Å². The van der Waals surface area contributed by atoms with Crippen molar-refractivity contribution in [2.45, 2.75) is 12.6 Å². The fourth-order valence-electron chi connectivity index (χ4n) is 1.81. The third-order valence-corrected chi connectivity index (χ3v) is 2.54. The number of rotatable bonds is 2. The highest BCUT2D eigenvalue weighted by Crippen LogP contribution is 2.24. The highest BCUT2D eigenvalue weighted by molar-refractivity contribution is 5.84. The van der Waals surface area contributed by atoms with Gasteiger partial charge in [-0.15, -0.1) is 0 Å². The van der Waals surface area contributed by atoms with Gasteiger partial charge in [0.25, 0.3) is 0 Å². The van der Waals surface area contributed by atoms with Gasteiger partial charge in [-0.1, -0.05) is 12.1 Å². The SMILES string of the molecule is O=Cc1ccccc1N1CCC(F)C1. The smallest absolute Gasteiger partial charge is 0.152 e. The van der Waals surface area contributed by atoms with E-state index < -0.39 is 6.17 Å². The zero-order valence-corrected chi connectivity index (χ0v) is 7.82. The minimum Gasteiger partial charge on any atom is -0.368 e. The first-order valence-electron chi connectivity index (χ1n) is 4.74. The van der Waals surface area contributed by atoms with E-state index in [-0.39, 0.29) is 0 Å². The van der Waals surface area contributed by atoms with E-state index in [0.717, 1.165) is 12.0 Å². The summed E-state index contributed by atoms with van der Waals surface area (Å²) in [5.41, 5.74) is 1.49. The fourth-order valence-corrected chi connectivity index (χ4v) is 1.81. The van der Waals surface area contributed by atoms with Crippen LogP contribution < -0.4 is 4.90 Å². The highest BCUT2D eigenvalue weighted by atomic mass is 19.1. The number of alkyl halides is 1. The van der Waals surface area contributed by atoms with E-state index in [1.807, 2.05) is 23.1 Å². The van der Waals surface area contributed by atoms with Crippen molar-refractivity contribution in [2.24, 2.45) is 0 Å². The summed E-state index contributed by atoms with van der Waals surface area (Å²) < 4.78 is 13.0. The van der Waals surface area contributed by atoms with Gasteiger partial charge in [-0.2, -0.15) is 0 Å². The molecule has 0 bridgehead atoms. The van der Waals surface area contributed by atoms with Crippen molar-refractivity contribution in [3.05, 3.63) is 29.8 Å². The van der Waals surface area contributed by atoms with Gasteiger partial charge in [-0.05, 0) is 18.6 Å². The predicted molar refractivity (Wildman–Crippen MR) is 53.6 cm³/mol. The Balaban J connectivity index is 2.27. The lowest BCUT2D eigenvalue weighted by atomic mass is 10.2. The van der Waals surface area contributed by atoms with Crippen molar-refractivity contribution in [1.29, 1.82) is 0 Å². The Labute approximate surface area is 82.3 Å². The monoisotopic (exact) mass is 193 g/mol. The number of halogens is 1. The Hall–Kier alpha value is -1.38. The number of hydrogen-bond donors (Lipinski definition) is 0. The number of anilines is 1. The van der Waals surface area contributed by atoms with Crippen molar-refractivity contribution < 1.29 is 9.18 Å². The summed E-state index contributed by atoms with van der Waals surface area (Å²) in [5, 5.41) is 0. The van der Waals surface area contributed by atoms with E-state index in [1.165, 1.54) is 0 Å². The van der Waals surface area contributed by atoms with Gasteiger partial charge in [0.2, 0.25) is 0 Å². The van der Waals surface area contributed by atoms with Crippen LogP contribution in [0.25, 0.3) is 0 Å². The molecular formula is C11H12FNO. The molecule has 1 fully saturated rings. The van der Waals surface area contributed by atoms with Crippen molar-refractivity contribution in [3.63, 3.8) is 0 Å². The summed E-state index contributed by atoms with van der Waals surface area (Å²) in [6, 6.07) is 7.31. The Morgan fingerprint density at radius 2 is 2.21 bits per heavy atom. The molecule has 0 spiro atoms. The molecule has 0 aromatic heterocycles. The summed E-state index contributed by atoms with van der Waals surface area (Å²) in [7, 11) is 0. The molecule has 0 N–H and O–H groups in total. The highest BCUT2D eigenvalue weighted by Gasteiger charge is 2.23. The average molecular weight is 193 g/mol. The van der Waals surface area contributed by atoms with Gasteiger partial charge < -0.3 is 4.90 Å². The number of carbonyl (C=O) groups excluding carboxylic acids is 1. The fraction of sp³-hybridized carbons (Fsp3) is 0.364. The number of carbonyl (C=O) groups is 1. The van der Waals surface area contributed by atoms with Crippen LogP contribution in [0.2, 0.25) is 0 Å². The number of para-hydroxylation sites is 1. The van der Waals surface area contributed by atoms with Crippen LogP contribution in [0.15, 0.2) is 24.3 Å². The zero-order chi connectivity index (χ0) is 9.97. The Kier molecular flexibility index (Phi) is 2.48. The molecule has 0 saturated carbocycles. The third-order valence-electron chi connectivity index (χ3n) is 2.54. The summed E-state index contributed by atoms with van der Waals surface area (Å²) in [6.07, 6.45) is 0.628. The topological polar surface area (TPSA) is 20.3 Å². The quantitative estimate of drug-likeness (QED) is 0.670. The summed E-state index contributed by atoms with van der Waals surface area (Å²) in [6.45, 7) is 1.11.